The molecule has 6 rings (SSSR count). The number of carbonyl (C=O) groups excluding carboxylic acids is 1. The van der Waals surface area contributed by atoms with E-state index in [1.165, 1.54) is 10.9 Å². The molecule has 0 spiro atoms. The van der Waals surface area contributed by atoms with E-state index in [4.69, 9.17) is 0 Å². The Morgan fingerprint density at radius 3 is 2.47 bits per heavy atom. The highest BCUT2D eigenvalue weighted by Gasteiger charge is 2.39. The lowest BCUT2D eigenvalue weighted by Crippen LogP contribution is -2.47. The topological polar surface area (TPSA) is 41.4 Å². The normalized spacial score (nSPS) is 20.0. The third-order valence-corrected chi connectivity index (χ3v) is 8.16. The highest BCUT2D eigenvalue weighted by Crippen LogP contribution is 2.40. The summed E-state index contributed by atoms with van der Waals surface area (Å²) >= 11 is 3.53. The molecule has 2 aliphatic rings. The molecule has 0 aliphatic carbocycles. The molecular formula is C31H31BrN5O+. The van der Waals surface area contributed by atoms with Gasteiger partial charge in [-0.2, -0.15) is 0 Å². The summed E-state index contributed by atoms with van der Waals surface area (Å²) < 4.78 is 3.59. The van der Waals surface area contributed by atoms with E-state index in [1.807, 2.05) is 17.4 Å². The average molecular weight is 570 g/mol. The summed E-state index contributed by atoms with van der Waals surface area (Å²) in [6.45, 7) is 3.95. The molecule has 7 heteroatoms. The van der Waals surface area contributed by atoms with Crippen LogP contribution in [-0.4, -0.2) is 65.5 Å². The maximum absolute atomic E-state index is 14.1. The molecule has 38 heavy (non-hydrogen) atoms. The number of amides is 1. The zero-order chi connectivity index (χ0) is 26.3. The maximum atomic E-state index is 14.1. The fourth-order valence-corrected chi connectivity index (χ4v) is 5.76. The van der Waals surface area contributed by atoms with E-state index in [1.54, 1.807) is 0 Å². The van der Waals surface area contributed by atoms with Gasteiger partial charge in [0.05, 0.1) is 25.5 Å². The largest absolute Gasteiger partial charge is 0.336 e. The number of halogens is 1. The fourth-order valence-electron chi connectivity index (χ4n) is 5.49. The van der Waals surface area contributed by atoms with Crippen LogP contribution < -0.4 is 4.48 Å². The van der Waals surface area contributed by atoms with Crippen LogP contribution in [0.4, 0.5) is 5.82 Å². The predicted molar refractivity (Wildman–Crippen MR) is 157 cm³/mol. The van der Waals surface area contributed by atoms with Gasteiger partial charge in [-0.05, 0) is 41.1 Å². The number of hydrogen-bond donors (Lipinski definition) is 0. The van der Waals surface area contributed by atoms with Gasteiger partial charge in [-0.1, -0.05) is 70.5 Å². The van der Waals surface area contributed by atoms with Gasteiger partial charge >= 0.3 is 0 Å². The van der Waals surface area contributed by atoms with E-state index in [0.29, 0.717) is 11.0 Å². The van der Waals surface area contributed by atoms with E-state index < -0.39 is 0 Å². The molecule has 0 radical (unpaired) electrons. The zero-order valence-electron chi connectivity index (χ0n) is 21.7. The molecule has 3 heterocycles. The standard InChI is InChI=1S/C31H31BrN5O/c1-34-14-16-35(17-15-34)31(38)29-21-37(2,20-28(29)27-9-5-7-24-6-3-4-8-26(24)27)30-18-33-22-36(30)19-23-10-12-25(32)13-11-23/h3-13,18,20-22H,14-17,19H2,1-2H3/q+1. The van der Waals surface area contributed by atoms with Gasteiger partial charge in [0.2, 0.25) is 5.82 Å². The first-order valence-electron chi connectivity index (χ1n) is 12.9. The lowest BCUT2D eigenvalue weighted by molar-refractivity contribution is -0.128. The molecule has 3 aromatic carbocycles. The Bertz CT molecular complexity index is 1560. The molecule has 1 fully saturated rings. The highest BCUT2D eigenvalue weighted by atomic mass is 79.9. The van der Waals surface area contributed by atoms with Gasteiger partial charge in [0.1, 0.15) is 24.2 Å². The number of piperazine rings is 1. The molecular weight excluding hydrogens is 538 g/mol. The van der Waals surface area contributed by atoms with Crippen LogP contribution in [0.25, 0.3) is 16.3 Å². The van der Waals surface area contributed by atoms with Gasteiger partial charge in [-0.25, -0.2) is 9.47 Å². The van der Waals surface area contributed by atoms with Crippen LogP contribution in [0, 0.1) is 0 Å². The van der Waals surface area contributed by atoms with Crippen LogP contribution in [0.3, 0.4) is 0 Å². The second-order valence-corrected chi connectivity index (χ2v) is 11.3. The Morgan fingerprint density at radius 2 is 1.68 bits per heavy atom. The Kier molecular flexibility index (Phi) is 6.51. The van der Waals surface area contributed by atoms with Gasteiger partial charge in [0.25, 0.3) is 5.91 Å². The number of quaternary nitrogens is 1. The summed E-state index contributed by atoms with van der Waals surface area (Å²) in [6, 6.07) is 23.1. The summed E-state index contributed by atoms with van der Waals surface area (Å²) in [4.78, 5) is 22.8. The van der Waals surface area contributed by atoms with Crippen LogP contribution in [0.1, 0.15) is 11.1 Å². The minimum Gasteiger partial charge on any atom is -0.336 e. The van der Waals surface area contributed by atoms with Crippen LogP contribution in [0.2, 0.25) is 0 Å². The minimum absolute atomic E-state index is 0.0955. The third-order valence-electron chi connectivity index (χ3n) is 7.64. The molecule has 2 aliphatic heterocycles. The zero-order valence-corrected chi connectivity index (χ0v) is 23.3. The molecule has 1 saturated heterocycles. The summed E-state index contributed by atoms with van der Waals surface area (Å²) in [5, 5.41) is 2.31. The molecule has 4 aromatic rings. The van der Waals surface area contributed by atoms with Crippen molar-refractivity contribution in [3.05, 3.63) is 113 Å². The van der Waals surface area contributed by atoms with E-state index in [2.05, 4.69) is 124 Å². The Labute approximate surface area is 231 Å². The summed E-state index contributed by atoms with van der Waals surface area (Å²) in [6.07, 6.45) is 8.10. The number of carbonyl (C=O) groups is 1. The predicted octanol–water partition coefficient (Wildman–Crippen LogP) is 5.50. The maximum Gasteiger partial charge on any atom is 0.260 e. The first kappa shape index (κ1) is 24.8. The summed E-state index contributed by atoms with van der Waals surface area (Å²) in [5.41, 5.74) is 4.00. The average Bonchev–Trinajstić information content (AvgIpc) is 3.55. The van der Waals surface area contributed by atoms with Gasteiger partial charge in [0, 0.05) is 30.7 Å². The van der Waals surface area contributed by atoms with Crippen molar-refractivity contribution in [2.75, 3.05) is 40.3 Å². The number of fused-ring (bicyclic) bond motifs is 1. The molecule has 192 valence electrons. The Hall–Kier alpha value is -3.52. The smallest absolute Gasteiger partial charge is 0.260 e. The third kappa shape index (κ3) is 4.62. The number of rotatable bonds is 5. The molecule has 1 atom stereocenters. The van der Waals surface area contributed by atoms with Gasteiger partial charge < -0.3 is 9.80 Å². The van der Waals surface area contributed by atoms with Gasteiger partial charge in [-0.15, -0.1) is 0 Å². The number of aromatic nitrogens is 2. The van der Waals surface area contributed by atoms with Crippen molar-refractivity contribution < 1.29 is 4.79 Å². The Morgan fingerprint density at radius 1 is 0.947 bits per heavy atom. The molecule has 0 bridgehead atoms. The SMILES string of the molecule is CN1CCN(C(=O)C2=C[N+](C)(c3cncn3Cc3ccc(Br)cc3)C=C2c2cccc3ccccc23)CC1. The summed E-state index contributed by atoms with van der Waals surface area (Å²) in [5.74, 6) is 1.10. The van der Waals surface area contributed by atoms with Gasteiger partial charge in [-0.3, -0.25) is 9.36 Å². The van der Waals surface area contributed by atoms with Crippen molar-refractivity contribution in [3.8, 4) is 0 Å². The number of benzene rings is 3. The monoisotopic (exact) mass is 568 g/mol. The number of hydrogen-bond acceptors (Lipinski definition) is 3. The molecule has 1 aromatic heterocycles. The molecule has 6 nitrogen and oxygen atoms in total. The van der Waals surface area contributed by atoms with Crippen molar-refractivity contribution in [1.29, 1.82) is 0 Å². The molecule has 1 amide bonds. The van der Waals surface area contributed by atoms with E-state index >= 15 is 0 Å². The second-order valence-electron chi connectivity index (χ2n) is 10.4. The summed E-state index contributed by atoms with van der Waals surface area (Å²) in [7, 11) is 4.24. The van der Waals surface area contributed by atoms with Crippen molar-refractivity contribution in [2.24, 2.45) is 0 Å². The number of nitrogens with zero attached hydrogens (tertiary/aromatic N) is 5. The second kappa shape index (κ2) is 9.98. The van der Waals surface area contributed by atoms with Crippen molar-refractivity contribution in [1.82, 2.24) is 23.8 Å². The lowest BCUT2D eigenvalue weighted by atomic mass is 9.94. The number of imidazole rings is 1. The molecule has 0 N–H and O–H groups in total. The van der Waals surface area contributed by atoms with Crippen molar-refractivity contribution in [2.45, 2.75) is 6.54 Å². The minimum atomic E-state index is 0.0955. The van der Waals surface area contributed by atoms with Crippen LogP contribution >= 0.6 is 15.9 Å². The molecule has 0 saturated carbocycles. The van der Waals surface area contributed by atoms with Gasteiger partial charge in [0.15, 0.2) is 0 Å². The van der Waals surface area contributed by atoms with Crippen LogP contribution in [-0.2, 0) is 11.3 Å². The first-order chi connectivity index (χ1) is 18.4. The first-order valence-corrected chi connectivity index (χ1v) is 13.7. The fraction of sp³-hybridized carbons (Fsp3) is 0.226. The van der Waals surface area contributed by atoms with Crippen LogP contribution in [0.15, 0.2) is 102 Å². The van der Waals surface area contributed by atoms with E-state index in [0.717, 1.165) is 58.6 Å². The highest BCUT2D eigenvalue weighted by molar-refractivity contribution is 9.10. The quantitative estimate of drug-likeness (QED) is 0.299. The van der Waals surface area contributed by atoms with Crippen LogP contribution in [0.5, 0.6) is 0 Å². The lowest BCUT2D eigenvalue weighted by Gasteiger charge is -2.32. The van der Waals surface area contributed by atoms with E-state index in [9.17, 15) is 4.79 Å². The number of likely N-dealkylation sites (N-methyl/N-ethyl adjacent to an activating group) is 1. The molecule has 1 unspecified atom stereocenters. The Balaban J connectivity index is 1.45. The van der Waals surface area contributed by atoms with Crippen molar-refractivity contribution in [3.63, 3.8) is 0 Å². The van der Waals surface area contributed by atoms with E-state index in [-0.39, 0.29) is 5.91 Å². The van der Waals surface area contributed by atoms with Crippen molar-refractivity contribution >= 4 is 44.0 Å².